The highest BCUT2D eigenvalue weighted by Crippen LogP contribution is 2.46. The van der Waals surface area contributed by atoms with Crippen LogP contribution in [0.2, 0.25) is 16.6 Å². The largest absolute Gasteiger partial charge is 0.466 e. The zero-order valence-electron chi connectivity index (χ0n) is 34.3. The van der Waals surface area contributed by atoms with E-state index in [1.54, 1.807) is 12.2 Å². The molecule has 0 fully saturated rings. The summed E-state index contributed by atoms with van der Waals surface area (Å²) >= 11 is 0. The van der Waals surface area contributed by atoms with Crippen LogP contribution in [0.25, 0.3) is 0 Å². The summed E-state index contributed by atoms with van der Waals surface area (Å²) in [4.78, 5) is 36.6. The molecule has 11 nitrogen and oxygen atoms in total. The van der Waals surface area contributed by atoms with Gasteiger partial charge in [-0.05, 0) is 56.2 Å². The molecule has 0 rings (SSSR count). The predicted molar refractivity (Wildman–Crippen MR) is 214 cm³/mol. The Morgan fingerprint density at radius 1 is 0.811 bits per heavy atom. The number of ether oxygens (including phenoxy) is 2. The number of hydrogen-bond donors (Lipinski definition) is 2. The second kappa shape index (κ2) is 26.4. The molecule has 0 bridgehead atoms. The topological polar surface area (TPSA) is 155 Å². The molecule has 4 atom stereocenters. The third kappa shape index (κ3) is 19.1. The second-order valence-electron chi connectivity index (χ2n) is 14.5. The van der Waals surface area contributed by atoms with Crippen LogP contribution in [-0.2, 0) is 41.9 Å². The molecule has 0 aliphatic heterocycles. The molecular weight excluding hydrogens is 715 g/mol. The van der Waals surface area contributed by atoms with Crippen molar-refractivity contribution >= 4 is 33.6 Å². The van der Waals surface area contributed by atoms with Crippen molar-refractivity contribution in [3.05, 3.63) is 59.8 Å². The molecule has 0 aromatic rings. The van der Waals surface area contributed by atoms with E-state index in [0.29, 0.717) is 48.7 Å². The summed E-state index contributed by atoms with van der Waals surface area (Å²) in [6, 6.07) is 0. The molecule has 0 aromatic carbocycles. The number of rotatable bonds is 27. The van der Waals surface area contributed by atoms with E-state index in [2.05, 4.69) is 46.3 Å². The van der Waals surface area contributed by atoms with Crippen molar-refractivity contribution in [3.8, 4) is 0 Å². The highest BCUT2D eigenvalue weighted by atomic mass is 31.2. The fourth-order valence-corrected chi connectivity index (χ4v) is 13.1. The predicted octanol–water partition coefficient (Wildman–Crippen LogP) is 8.58. The maximum Gasteiger partial charge on any atom is 0.337 e. The first-order chi connectivity index (χ1) is 24.8. The molecule has 0 saturated heterocycles. The van der Waals surface area contributed by atoms with Crippen LogP contribution in [-0.4, -0.2) is 88.7 Å². The quantitative estimate of drug-likeness (QED) is 0.0206. The Kier molecular flexibility index (Phi) is 25.2. The molecule has 0 aliphatic carbocycles. The van der Waals surface area contributed by atoms with Gasteiger partial charge in [-0.2, -0.15) is 0 Å². The monoisotopic (exact) mass is 784 g/mol. The summed E-state index contributed by atoms with van der Waals surface area (Å²) in [6.45, 7) is 18.5. The summed E-state index contributed by atoms with van der Waals surface area (Å²) in [6.07, 6.45) is 14.0. The minimum Gasteiger partial charge on any atom is -0.466 e. The Morgan fingerprint density at radius 3 is 1.94 bits per heavy atom. The van der Waals surface area contributed by atoms with Gasteiger partial charge in [0.25, 0.3) is 0 Å². The molecule has 2 N–H and O–H groups in total. The minimum absolute atomic E-state index is 0.168. The zero-order chi connectivity index (χ0) is 40.8. The molecule has 0 saturated carbocycles. The van der Waals surface area contributed by atoms with Crippen LogP contribution >= 0.6 is 7.60 Å². The minimum atomic E-state index is -3.41. The fourth-order valence-electron chi connectivity index (χ4n) is 6.54. The normalized spacial score (nSPS) is 15.9. The van der Waals surface area contributed by atoms with E-state index >= 15 is 0 Å². The number of ketones is 1. The Morgan fingerprint density at radius 2 is 1.42 bits per heavy atom. The van der Waals surface area contributed by atoms with Crippen molar-refractivity contribution < 1.29 is 52.1 Å². The van der Waals surface area contributed by atoms with Gasteiger partial charge in [-0.15, -0.1) is 0 Å². The lowest BCUT2D eigenvalue weighted by atomic mass is 9.95. The average Bonchev–Trinajstić information content (AvgIpc) is 3.09. The number of aliphatic hydroxyl groups is 2. The Labute approximate surface area is 320 Å². The summed E-state index contributed by atoms with van der Waals surface area (Å²) in [5.41, 5.74) is 2.78. The first kappa shape index (κ1) is 50.6. The lowest BCUT2D eigenvalue weighted by Crippen LogP contribution is -2.53. The number of aliphatic hydroxyl groups excluding tert-OH is 2. The van der Waals surface area contributed by atoms with Gasteiger partial charge in [-0.25, -0.2) is 9.59 Å². The number of unbranched alkanes of at least 4 members (excludes halogenated alkanes) is 1. The van der Waals surface area contributed by atoms with E-state index in [1.807, 2.05) is 45.1 Å². The van der Waals surface area contributed by atoms with Gasteiger partial charge in [0.2, 0.25) is 8.32 Å². The van der Waals surface area contributed by atoms with Gasteiger partial charge in [-0.1, -0.05) is 96.1 Å². The lowest BCUT2D eigenvalue weighted by Gasteiger charge is -2.45. The number of esters is 2. The van der Waals surface area contributed by atoms with E-state index in [9.17, 15) is 29.2 Å². The number of allylic oxidation sites excluding steroid dienone is 6. The standard InChI is InChI=1S/C40H69O11PSi/c1-29(2)53(30(3)4,31(5)6)51-38(27-41)36(43)21-17-13-15-19-32(7)26-37(34(9)25-33(8)23-24-39(44)47-10)50-40(45)22-18-14-16-20-35(42)28-52(46,48-11)49-12/h13,15,18-19,22-25,29-31,34,36-38,41,43H,14,16-17,20-21,26-28H2,1-12H3/t34-,36-,37-,38-/m1/s1. The fraction of sp³-hybridized carbons (Fsp3) is 0.675. The first-order valence-electron chi connectivity index (χ1n) is 18.6. The number of Topliss-reactive ketones (excluding diaryl/α,β-unsaturated/α-hetero) is 1. The maximum absolute atomic E-state index is 12.9. The third-order valence-electron chi connectivity index (χ3n) is 9.41. The second-order valence-corrected chi connectivity index (χ2v) is 22.2. The van der Waals surface area contributed by atoms with Crippen LogP contribution in [0.15, 0.2) is 59.8 Å². The van der Waals surface area contributed by atoms with E-state index in [-0.39, 0.29) is 30.9 Å². The van der Waals surface area contributed by atoms with Crippen LogP contribution in [0.3, 0.4) is 0 Å². The SMILES string of the molecule is COC(=O)C=CC(C)=C[C@@H](C)[C@@H](CC(C)=CC=CCC[C@@H](O)[C@@H](CO)O[Si](C(C)C)(C(C)C)C(C)C)OC(=O)C=CCCCC(=O)CP(=O)(OC)OC. The highest BCUT2D eigenvalue weighted by Gasteiger charge is 2.47. The summed E-state index contributed by atoms with van der Waals surface area (Å²) in [5.74, 6) is -1.45. The van der Waals surface area contributed by atoms with E-state index < -0.39 is 46.2 Å². The van der Waals surface area contributed by atoms with E-state index in [1.165, 1.54) is 33.5 Å². The van der Waals surface area contributed by atoms with Gasteiger partial charge in [0.15, 0.2) is 0 Å². The molecule has 0 radical (unpaired) electrons. The molecule has 13 heteroatoms. The van der Waals surface area contributed by atoms with Crippen LogP contribution in [0, 0.1) is 5.92 Å². The molecule has 0 aromatic heterocycles. The molecule has 304 valence electrons. The van der Waals surface area contributed by atoms with Crippen LogP contribution in [0.1, 0.15) is 101 Å². The van der Waals surface area contributed by atoms with Gasteiger partial charge >= 0.3 is 19.5 Å². The smallest absolute Gasteiger partial charge is 0.337 e. The van der Waals surface area contributed by atoms with Gasteiger partial charge in [0, 0.05) is 45.1 Å². The molecule has 53 heavy (non-hydrogen) atoms. The van der Waals surface area contributed by atoms with E-state index in [4.69, 9.17) is 18.2 Å². The molecule has 0 heterocycles. The maximum atomic E-state index is 12.9. The van der Waals surface area contributed by atoms with Crippen molar-refractivity contribution in [1.29, 1.82) is 0 Å². The molecule has 0 aliphatic rings. The molecule has 0 amide bonds. The first-order valence-corrected chi connectivity index (χ1v) is 22.5. The Hall–Kier alpha value is -2.44. The van der Waals surface area contributed by atoms with Gasteiger partial charge in [0.05, 0.1) is 25.9 Å². The van der Waals surface area contributed by atoms with Gasteiger partial charge in [-0.3, -0.25) is 9.36 Å². The molecule has 0 spiro atoms. The summed E-state index contributed by atoms with van der Waals surface area (Å²) in [7, 11) is -1.90. The number of carbonyl (C=O) groups excluding carboxylic acids is 3. The lowest BCUT2D eigenvalue weighted by molar-refractivity contribution is -0.144. The van der Waals surface area contributed by atoms with Gasteiger partial charge in [0.1, 0.15) is 18.0 Å². The molecular formula is C40H69O11PSi. The Bertz CT molecular complexity index is 1290. The third-order valence-corrected chi connectivity index (χ3v) is 17.4. The van der Waals surface area contributed by atoms with Crippen LogP contribution in [0.4, 0.5) is 0 Å². The van der Waals surface area contributed by atoms with Crippen molar-refractivity contribution in [2.45, 2.75) is 136 Å². The summed E-state index contributed by atoms with van der Waals surface area (Å²) < 4.78 is 39.0. The highest BCUT2D eigenvalue weighted by molar-refractivity contribution is 7.54. The average molecular weight is 785 g/mol. The number of carbonyl (C=O) groups is 3. The van der Waals surface area contributed by atoms with Crippen LogP contribution < -0.4 is 0 Å². The Balaban J connectivity index is 5.61. The molecule has 0 unspecified atom stereocenters. The van der Waals surface area contributed by atoms with Crippen molar-refractivity contribution in [3.63, 3.8) is 0 Å². The van der Waals surface area contributed by atoms with Crippen molar-refractivity contribution in [2.24, 2.45) is 5.92 Å². The van der Waals surface area contributed by atoms with Crippen molar-refractivity contribution in [1.82, 2.24) is 0 Å². The zero-order valence-corrected chi connectivity index (χ0v) is 36.2. The number of hydrogen-bond acceptors (Lipinski definition) is 11. The van der Waals surface area contributed by atoms with Crippen molar-refractivity contribution in [2.75, 3.05) is 34.1 Å². The van der Waals surface area contributed by atoms with E-state index in [0.717, 1.165) is 11.1 Å². The summed E-state index contributed by atoms with van der Waals surface area (Å²) in [5, 5.41) is 21.1. The van der Waals surface area contributed by atoms with Gasteiger partial charge < -0.3 is 33.2 Å². The van der Waals surface area contributed by atoms with Crippen LogP contribution in [0.5, 0.6) is 0 Å². The number of methoxy groups -OCH3 is 1.